The molecule has 0 unspecified atom stereocenters. The van der Waals surface area contributed by atoms with Gasteiger partial charge < -0.3 is 5.73 Å². The summed E-state index contributed by atoms with van der Waals surface area (Å²) in [5.74, 6) is -0.130. The van der Waals surface area contributed by atoms with E-state index < -0.39 is 16.0 Å². The molecule has 0 radical (unpaired) electrons. The third-order valence-corrected chi connectivity index (χ3v) is 6.36. The first kappa shape index (κ1) is 20.6. The van der Waals surface area contributed by atoms with Gasteiger partial charge in [-0.3, -0.25) is 0 Å². The van der Waals surface area contributed by atoms with E-state index in [4.69, 9.17) is 17.3 Å². The largest absolute Gasteiger partial charge is 0.330 e. The highest BCUT2D eigenvalue weighted by molar-refractivity contribution is 7.86. The number of nitrogens with two attached hydrogens (primary N) is 1. The second kappa shape index (κ2) is 8.60. The zero-order valence-electron chi connectivity index (χ0n) is 12.9. The Morgan fingerprint density at radius 2 is 2.00 bits per heavy atom. The molecule has 1 aromatic rings. The van der Waals surface area contributed by atoms with Crippen LogP contribution in [-0.2, 0) is 16.8 Å². The normalized spacial score (nSPS) is 17.3. The lowest BCUT2D eigenvalue weighted by Crippen LogP contribution is -2.46. The molecule has 1 saturated heterocycles. The van der Waals surface area contributed by atoms with E-state index in [1.165, 1.54) is 23.5 Å². The fourth-order valence-corrected chi connectivity index (χ4v) is 4.14. The SMILES string of the molecule is CN(Cc1c(F)cccc1Cl)S(=O)(=O)N1CCC(CN)CC1.Cl. The van der Waals surface area contributed by atoms with E-state index in [-0.39, 0.29) is 29.5 Å². The standard InChI is InChI=1S/C14H21ClFN3O2S.ClH/c1-18(10-12-13(15)3-2-4-14(12)16)22(20,21)19-7-5-11(9-17)6-8-19;/h2-4,11H,5-10,17H2,1H3;1H. The smallest absolute Gasteiger partial charge is 0.282 e. The van der Waals surface area contributed by atoms with E-state index in [1.54, 1.807) is 6.07 Å². The molecule has 9 heteroatoms. The number of halogens is 3. The zero-order chi connectivity index (χ0) is 16.3. The molecular formula is C14H22Cl2FN3O2S. The molecule has 1 aliphatic rings. The molecule has 0 spiro atoms. The quantitative estimate of drug-likeness (QED) is 0.844. The molecule has 0 bridgehead atoms. The van der Waals surface area contributed by atoms with Crippen LogP contribution in [0.3, 0.4) is 0 Å². The van der Waals surface area contributed by atoms with Crippen molar-refractivity contribution in [2.45, 2.75) is 19.4 Å². The Morgan fingerprint density at radius 3 is 2.52 bits per heavy atom. The van der Waals surface area contributed by atoms with Gasteiger partial charge in [-0.2, -0.15) is 17.0 Å². The van der Waals surface area contributed by atoms with Gasteiger partial charge in [0.15, 0.2) is 0 Å². The fourth-order valence-electron chi connectivity index (χ4n) is 2.56. The van der Waals surface area contributed by atoms with Crippen molar-refractivity contribution < 1.29 is 12.8 Å². The third-order valence-electron chi connectivity index (χ3n) is 4.07. The summed E-state index contributed by atoms with van der Waals surface area (Å²) < 4.78 is 41.5. The molecule has 0 amide bonds. The van der Waals surface area contributed by atoms with Crippen LogP contribution in [-0.4, -0.2) is 43.7 Å². The molecule has 132 valence electrons. The van der Waals surface area contributed by atoms with E-state index in [1.807, 2.05) is 0 Å². The van der Waals surface area contributed by atoms with Crippen LogP contribution in [0.4, 0.5) is 4.39 Å². The zero-order valence-corrected chi connectivity index (χ0v) is 15.3. The first-order valence-corrected chi connectivity index (χ1v) is 8.98. The van der Waals surface area contributed by atoms with Gasteiger partial charge in [-0.15, -0.1) is 12.4 Å². The Bertz CT molecular complexity index is 602. The summed E-state index contributed by atoms with van der Waals surface area (Å²) in [6.07, 6.45) is 1.51. The maximum absolute atomic E-state index is 13.8. The van der Waals surface area contributed by atoms with E-state index in [2.05, 4.69) is 0 Å². The van der Waals surface area contributed by atoms with E-state index in [0.29, 0.717) is 25.6 Å². The van der Waals surface area contributed by atoms with Crippen molar-refractivity contribution in [1.82, 2.24) is 8.61 Å². The van der Waals surface area contributed by atoms with Crippen LogP contribution in [0.5, 0.6) is 0 Å². The first-order valence-electron chi connectivity index (χ1n) is 7.20. The lowest BCUT2D eigenvalue weighted by atomic mass is 9.99. The van der Waals surface area contributed by atoms with Gasteiger partial charge in [0.25, 0.3) is 10.2 Å². The fraction of sp³-hybridized carbons (Fsp3) is 0.571. The predicted octanol–water partition coefficient (Wildman–Crippen LogP) is 2.25. The van der Waals surface area contributed by atoms with Crippen LogP contribution < -0.4 is 5.73 Å². The van der Waals surface area contributed by atoms with Crippen LogP contribution in [0, 0.1) is 11.7 Å². The van der Waals surface area contributed by atoms with Gasteiger partial charge in [-0.25, -0.2) is 4.39 Å². The van der Waals surface area contributed by atoms with Crippen LogP contribution in [0.1, 0.15) is 18.4 Å². The van der Waals surface area contributed by atoms with Crippen molar-refractivity contribution in [2.75, 3.05) is 26.7 Å². The predicted molar refractivity (Wildman–Crippen MR) is 92.4 cm³/mol. The number of hydrogen-bond donors (Lipinski definition) is 1. The van der Waals surface area contributed by atoms with Crippen LogP contribution in [0.2, 0.25) is 5.02 Å². The Hall–Kier alpha value is -0.440. The lowest BCUT2D eigenvalue weighted by molar-refractivity contribution is 0.261. The minimum atomic E-state index is -3.62. The minimum absolute atomic E-state index is 0. The second-order valence-corrected chi connectivity index (χ2v) is 7.98. The molecule has 23 heavy (non-hydrogen) atoms. The number of hydrogen-bond acceptors (Lipinski definition) is 3. The number of rotatable bonds is 5. The Labute approximate surface area is 148 Å². The summed E-state index contributed by atoms with van der Waals surface area (Å²) in [7, 11) is -2.19. The Morgan fingerprint density at radius 1 is 1.39 bits per heavy atom. The molecule has 0 aliphatic carbocycles. The molecule has 1 aromatic carbocycles. The number of nitrogens with zero attached hydrogens (tertiary/aromatic N) is 2. The van der Waals surface area contributed by atoms with Crippen molar-refractivity contribution in [1.29, 1.82) is 0 Å². The van der Waals surface area contributed by atoms with Gasteiger partial charge in [0.05, 0.1) is 0 Å². The van der Waals surface area contributed by atoms with E-state index in [9.17, 15) is 12.8 Å². The van der Waals surface area contributed by atoms with E-state index in [0.717, 1.165) is 17.1 Å². The highest BCUT2D eigenvalue weighted by Crippen LogP contribution is 2.24. The van der Waals surface area contributed by atoms with E-state index >= 15 is 0 Å². The van der Waals surface area contributed by atoms with Crippen molar-refractivity contribution >= 4 is 34.2 Å². The molecule has 5 nitrogen and oxygen atoms in total. The molecule has 0 saturated carbocycles. The third kappa shape index (κ3) is 4.78. The van der Waals surface area contributed by atoms with Crippen molar-refractivity contribution in [3.8, 4) is 0 Å². The molecule has 0 aromatic heterocycles. The molecule has 2 rings (SSSR count). The van der Waals surface area contributed by atoms with Gasteiger partial charge >= 0.3 is 0 Å². The summed E-state index contributed by atoms with van der Waals surface area (Å²) in [6.45, 7) is 1.37. The average molecular weight is 386 g/mol. The highest BCUT2D eigenvalue weighted by Gasteiger charge is 2.31. The second-order valence-electron chi connectivity index (χ2n) is 5.54. The maximum atomic E-state index is 13.8. The van der Waals surface area contributed by atoms with Gasteiger partial charge in [0, 0.05) is 37.3 Å². The Balaban J connectivity index is 0.00000264. The highest BCUT2D eigenvalue weighted by atomic mass is 35.5. The molecule has 0 atom stereocenters. The van der Waals surface area contributed by atoms with Gasteiger partial charge in [0.2, 0.25) is 0 Å². The maximum Gasteiger partial charge on any atom is 0.282 e. The molecule has 1 aliphatic heterocycles. The molecular weight excluding hydrogens is 364 g/mol. The van der Waals surface area contributed by atoms with Crippen molar-refractivity contribution in [3.63, 3.8) is 0 Å². The van der Waals surface area contributed by atoms with Crippen LogP contribution in [0.15, 0.2) is 18.2 Å². The van der Waals surface area contributed by atoms with Gasteiger partial charge in [0.1, 0.15) is 5.82 Å². The van der Waals surface area contributed by atoms with Gasteiger partial charge in [-0.1, -0.05) is 17.7 Å². The molecule has 1 heterocycles. The topological polar surface area (TPSA) is 66.6 Å². The molecule has 2 N–H and O–H groups in total. The van der Waals surface area contributed by atoms with Crippen LogP contribution >= 0.6 is 24.0 Å². The summed E-state index contributed by atoms with van der Waals surface area (Å²) in [5, 5.41) is 0.226. The summed E-state index contributed by atoms with van der Waals surface area (Å²) in [5.41, 5.74) is 5.81. The molecule has 1 fully saturated rings. The number of piperidine rings is 1. The average Bonchev–Trinajstić information content (AvgIpc) is 2.51. The Kier molecular flexibility index (Phi) is 7.70. The number of benzene rings is 1. The van der Waals surface area contributed by atoms with Gasteiger partial charge in [-0.05, 0) is 37.4 Å². The summed E-state index contributed by atoms with van der Waals surface area (Å²) in [6, 6.07) is 4.31. The van der Waals surface area contributed by atoms with Crippen molar-refractivity contribution in [2.24, 2.45) is 11.7 Å². The summed E-state index contributed by atoms with van der Waals surface area (Å²) in [4.78, 5) is 0. The van der Waals surface area contributed by atoms with Crippen LogP contribution in [0.25, 0.3) is 0 Å². The lowest BCUT2D eigenvalue weighted by Gasteiger charge is -2.33. The first-order chi connectivity index (χ1) is 10.4. The summed E-state index contributed by atoms with van der Waals surface area (Å²) >= 11 is 5.96. The minimum Gasteiger partial charge on any atom is -0.330 e. The van der Waals surface area contributed by atoms with Crippen molar-refractivity contribution in [3.05, 3.63) is 34.6 Å². The monoisotopic (exact) mass is 385 g/mol.